The zero-order valence-electron chi connectivity index (χ0n) is 15.2. The summed E-state index contributed by atoms with van der Waals surface area (Å²) < 4.78 is 71.0. The Morgan fingerprint density at radius 2 is 1.82 bits per heavy atom. The van der Waals surface area contributed by atoms with Crippen LogP contribution in [0.4, 0.5) is 15.8 Å². The minimum absolute atomic E-state index is 0.0436. The summed E-state index contributed by atoms with van der Waals surface area (Å²) in [6.07, 6.45) is 0.309. The zero-order chi connectivity index (χ0) is 20.7. The lowest BCUT2D eigenvalue weighted by atomic mass is 10.2. The number of hydrogen-bond acceptors (Lipinski definition) is 6. The van der Waals surface area contributed by atoms with Crippen molar-refractivity contribution < 1.29 is 26.0 Å². The molecule has 1 aliphatic heterocycles. The smallest absolute Gasteiger partial charge is 0.264 e. The number of rotatable bonds is 5. The minimum atomic E-state index is -4.05. The molecule has 0 aliphatic carbocycles. The lowest BCUT2D eigenvalue weighted by Gasteiger charge is -2.36. The van der Waals surface area contributed by atoms with Gasteiger partial charge in [-0.2, -0.15) is 0 Å². The first-order chi connectivity index (χ1) is 13.0. The molecule has 8 nitrogen and oxygen atoms in total. The molecule has 1 aliphatic rings. The number of sulfonamides is 2. The zero-order valence-corrected chi connectivity index (χ0v) is 16.9. The van der Waals surface area contributed by atoms with Gasteiger partial charge in [0.1, 0.15) is 17.7 Å². The molecule has 0 radical (unpaired) electrons. The van der Waals surface area contributed by atoms with Gasteiger partial charge in [0.05, 0.1) is 29.9 Å². The number of ether oxygens (including phenoxy) is 1. The van der Waals surface area contributed by atoms with Gasteiger partial charge in [-0.15, -0.1) is 0 Å². The molecule has 2 N–H and O–H groups in total. The molecule has 0 saturated heterocycles. The minimum Gasteiger partial charge on any atom is -0.485 e. The summed E-state index contributed by atoms with van der Waals surface area (Å²) in [6, 6.07) is 9.01. The quantitative estimate of drug-likeness (QED) is 0.717. The van der Waals surface area contributed by atoms with Crippen LogP contribution in [0.25, 0.3) is 0 Å². The standard InChI is InChI=1S/C17H20FN3O5S2/c1-20(27(2,22)23)10-14-11-21(16-9-13(19)5-8-17(16)26-14)28(24,25)15-6-3-12(18)4-7-15/h3-9,14H,10-11,19H2,1-2H3/t14-/m0/s1. The second kappa shape index (κ2) is 7.22. The van der Waals surface area contributed by atoms with Gasteiger partial charge >= 0.3 is 0 Å². The Hall–Kier alpha value is -2.37. The van der Waals surface area contributed by atoms with E-state index in [9.17, 15) is 21.2 Å². The largest absolute Gasteiger partial charge is 0.485 e. The highest BCUT2D eigenvalue weighted by Crippen LogP contribution is 2.38. The topological polar surface area (TPSA) is 110 Å². The van der Waals surface area contributed by atoms with Crippen LogP contribution < -0.4 is 14.8 Å². The number of likely N-dealkylation sites (N-methyl/N-ethyl adjacent to an activating group) is 1. The Morgan fingerprint density at radius 3 is 2.43 bits per heavy atom. The van der Waals surface area contributed by atoms with Crippen LogP contribution in [0.5, 0.6) is 5.75 Å². The maximum absolute atomic E-state index is 13.2. The number of nitrogens with zero attached hydrogens (tertiary/aromatic N) is 2. The van der Waals surface area contributed by atoms with E-state index in [4.69, 9.17) is 10.5 Å². The van der Waals surface area contributed by atoms with Crippen molar-refractivity contribution in [3.63, 3.8) is 0 Å². The van der Waals surface area contributed by atoms with Crippen molar-refractivity contribution in [3.05, 3.63) is 48.3 Å². The second-order valence-electron chi connectivity index (χ2n) is 6.50. The van der Waals surface area contributed by atoms with Crippen molar-refractivity contribution in [1.82, 2.24) is 4.31 Å². The van der Waals surface area contributed by atoms with E-state index in [0.717, 1.165) is 27.0 Å². The number of anilines is 2. The van der Waals surface area contributed by atoms with Crippen molar-refractivity contribution in [2.45, 2.75) is 11.0 Å². The van der Waals surface area contributed by atoms with E-state index in [-0.39, 0.29) is 29.4 Å². The second-order valence-corrected chi connectivity index (χ2v) is 10.5. The predicted molar refractivity (Wildman–Crippen MR) is 104 cm³/mol. The SMILES string of the molecule is CN(C[C@H]1CN(S(=O)(=O)c2ccc(F)cc2)c2cc(N)ccc2O1)S(C)(=O)=O. The van der Waals surface area contributed by atoms with Crippen LogP contribution in [-0.4, -0.2) is 53.6 Å². The van der Waals surface area contributed by atoms with Gasteiger partial charge in [-0.25, -0.2) is 25.5 Å². The van der Waals surface area contributed by atoms with Gasteiger partial charge in [-0.3, -0.25) is 4.31 Å². The lowest BCUT2D eigenvalue weighted by molar-refractivity contribution is 0.177. The van der Waals surface area contributed by atoms with Crippen molar-refractivity contribution in [1.29, 1.82) is 0 Å². The number of fused-ring (bicyclic) bond motifs is 1. The summed E-state index contributed by atoms with van der Waals surface area (Å²) in [5, 5.41) is 0. The van der Waals surface area contributed by atoms with E-state index in [1.54, 1.807) is 6.07 Å². The van der Waals surface area contributed by atoms with E-state index in [1.807, 2.05) is 0 Å². The third-order valence-corrected chi connectivity index (χ3v) is 7.42. The van der Waals surface area contributed by atoms with Gasteiger partial charge in [0.25, 0.3) is 10.0 Å². The molecule has 28 heavy (non-hydrogen) atoms. The van der Waals surface area contributed by atoms with Crippen LogP contribution in [0.3, 0.4) is 0 Å². The van der Waals surface area contributed by atoms with Crippen LogP contribution in [0.15, 0.2) is 47.4 Å². The van der Waals surface area contributed by atoms with E-state index < -0.39 is 32.0 Å². The Balaban J connectivity index is 2.03. The van der Waals surface area contributed by atoms with Crippen LogP contribution in [0.2, 0.25) is 0 Å². The maximum Gasteiger partial charge on any atom is 0.264 e. The molecule has 0 spiro atoms. The number of halogens is 1. The van der Waals surface area contributed by atoms with E-state index in [0.29, 0.717) is 5.69 Å². The van der Waals surface area contributed by atoms with Crippen molar-refractivity contribution in [2.24, 2.45) is 0 Å². The van der Waals surface area contributed by atoms with Crippen molar-refractivity contribution in [2.75, 3.05) is 36.4 Å². The number of nitrogen functional groups attached to an aromatic ring is 1. The van der Waals surface area contributed by atoms with Gasteiger partial charge in [-0.1, -0.05) is 0 Å². The Kier molecular flexibility index (Phi) is 5.26. The van der Waals surface area contributed by atoms with Gasteiger partial charge in [0.2, 0.25) is 10.0 Å². The van der Waals surface area contributed by atoms with Gasteiger partial charge < -0.3 is 10.5 Å². The third kappa shape index (κ3) is 4.05. The highest BCUT2D eigenvalue weighted by atomic mass is 32.2. The summed E-state index contributed by atoms with van der Waals surface area (Å²) in [5.74, 6) is -0.295. The molecule has 152 valence electrons. The maximum atomic E-state index is 13.2. The Bertz CT molecular complexity index is 1090. The molecule has 0 aromatic heterocycles. The summed E-state index contributed by atoms with van der Waals surface area (Å²) in [5.41, 5.74) is 6.38. The fraction of sp³-hybridized carbons (Fsp3) is 0.294. The summed E-state index contributed by atoms with van der Waals surface area (Å²) >= 11 is 0. The van der Waals surface area contributed by atoms with E-state index >= 15 is 0 Å². The molecule has 11 heteroatoms. The highest BCUT2D eigenvalue weighted by Gasteiger charge is 2.36. The Morgan fingerprint density at radius 1 is 1.18 bits per heavy atom. The first kappa shape index (κ1) is 20.4. The fourth-order valence-electron chi connectivity index (χ4n) is 2.81. The average molecular weight is 429 g/mol. The average Bonchev–Trinajstić information content (AvgIpc) is 2.61. The van der Waals surface area contributed by atoms with E-state index in [1.165, 1.54) is 31.3 Å². The fourth-order valence-corrected chi connectivity index (χ4v) is 4.74. The number of hydrogen-bond donors (Lipinski definition) is 1. The van der Waals surface area contributed by atoms with Crippen molar-refractivity contribution >= 4 is 31.4 Å². The molecule has 0 saturated carbocycles. The molecule has 0 bridgehead atoms. The molecule has 1 atom stereocenters. The predicted octanol–water partition coefficient (Wildman–Crippen LogP) is 1.26. The van der Waals surface area contributed by atoms with Gasteiger partial charge in [-0.05, 0) is 42.5 Å². The van der Waals surface area contributed by atoms with Crippen LogP contribution in [0.1, 0.15) is 0 Å². The molecule has 0 fully saturated rings. The highest BCUT2D eigenvalue weighted by molar-refractivity contribution is 7.92. The van der Waals surface area contributed by atoms with Gasteiger partial charge in [0.15, 0.2) is 0 Å². The summed E-state index contributed by atoms with van der Waals surface area (Å²) in [6.45, 7) is -0.173. The van der Waals surface area contributed by atoms with Crippen LogP contribution in [0, 0.1) is 5.82 Å². The molecule has 3 rings (SSSR count). The number of nitrogens with two attached hydrogens (primary N) is 1. The first-order valence-electron chi connectivity index (χ1n) is 8.24. The molecule has 1 heterocycles. The lowest BCUT2D eigenvalue weighted by Crippen LogP contribution is -2.48. The molecular weight excluding hydrogens is 409 g/mol. The normalized spacial score (nSPS) is 17.3. The molecule has 2 aromatic carbocycles. The van der Waals surface area contributed by atoms with Crippen molar-refractivity contribution in [3.8, 4) is 5.75 Å². The van der Waals surface area contributed by atoms with Crippen LogP contribution >= 0.6 is 0 Å². The first-order valence-corrected chi connectivity index (χ1v) is 11.5. The monoisotopic (exact) mass is 429 g/mol. The van der Waals surface area contributed by atoms with Gasteiger partial charge in [0, 0.05) is 12.7 Å². The Labute approximate surface area is 163 Å². The summed E-state index contributed by atoms with van der Waals surface area (Å²) in [4.78, 5) is -0.0978. The number of benzene rings is 2. The molecule has 0 unspecified atom stereocenters. The summed E-state index contributed by atoms with van der Waals surface area (Å²) in [7, 11) is -6.14. The molecule has 0 amide bonds. The third-order valence-electron chi connectivity index (χ3n) is 4.34. The molecule has 2 aromatic rings. The van der Waals surface area contributed by atoms with E-state index in [2.05, 4.69) is 0 Å². The molecular formula is C17H20FN3O5S2. The van der Waals surface area contributed by atoms with Crippen LogP contribution in [-0.2, 0) is 20.0 Å².